The van der Waals surface area contributed by atoms with Gasteiger partial charge in [0.15, 0.2) is 0 Å². The van der Waals surface area contributed by atoms with Crippen molar-refractivity contribution in [2.24, 2.45) is 9.98 Å². The first-order valence-corrected chi connectivity index (χ1v) is 4.87. The van der Waals surface area contributed by atoms with Crippen LogP contribution >= 0.6 is 0 Å². The fraction of sp³-hybridized carbons (Fsp3) is 0.455. The molecule has 2 rings (SSSR count). The first kappa shape index (κ1) is 8.42. The van der Waals surface area contributed by atoms with E-state index in [0.29, 0.717) is 0 Å². The summed E-state index contributed by atoms with van der Waals surface area (Å²) in [6.07, 6.45) is 8.34. The molecule has 68 valence electrons. The van der Waals surface area contributed by atoms with E-state index >= 15 is 0 Å². The monoisotopic (exact) mass is 174 g/mol. The van der Waals surface area contributed by atoms with Crippen molar-refractivity contribution in [1.82, 2.24) is 0 Å². The second kappa shape index (κ2) is 3.29. The summed E-state index contributed by atoms with van der Waals surface area (Å²) in [7, 11) is 0. The number of aliphatic imine (C=N–C) groups is 2. The SMILES string of the molecule is CCC1=CC2N=C(CC)C=CC2=N1. The van der Waals surface area contributed by atoms with Crippen molar-refractivity contribution in [2.75, 3.05) is 0 Å². The van der Waals surface area contributed by atoms with Crippen molar-refractivity contribution in [2.45, 2.75) is 32.7 Å². The third-order valence-electron chi connectivity index (χ3n) is 2.40. The highest BCUT2D eigenvalue weighted by atomic mass is 14.9. The predicted octanol–water partition coefficient (Wildman–Crippen LogP) is 2.52. The number of fused-ring (bicyclic) bond motifs is 1. The summed E-state index contributed by atoms with van der Waals surface area (Å²) < 4.78 is 0. The molecule has 2 aliphatic heterocycles. The van der Waals surface area contributed by atoms with Gasteiger partial charge >= 0.3 is 0 Å². The zero-order valence-corrected chi connectivity index (χ0v) is 8.12. The first-order chi connectivity index (χ1) is 6.33. The minimum absolute atomic E-state index is 0.217. The molecule has 0 aromatic carbocycles. The Morgan fingerprint density at radius 1 is 1.23 bits per heavy atom. The second-order valence-corrected chi connectivity index (χ2v) is 3.30. The fourth-order valence-corrected chi connectivity index (χ4v) is 1.59. The summed E-state index contributed by atoms with van der Waals surface area (Å²) in [5.74, 6) is 0. The van der Waals surface area contributed by atoms with E-state index in [4.69, 9.17) is 0 Å². The molecule has 0 aliphatic carbocycles. The lowest BCUT2D eigenvalue weighted by Gasteiger charge is -2.09. The lowest BCUT2D eigenvalue weighted by atomic mass is 10.1. The maximum atomic E-state index is 4.58. The molecule has 13 heavy (non-hydrogen) atoms. The summed E-state index contributed by atoms with van der Waals surface area (Å²) in [4.78, 5) is 9.06. The predicted molar refractivity (Wildman–Crippen MR) is 56.5 cm³/mol. The smallest absolute Gasteiger partial charge is 0.112 e. The van der Waals surface area contributed by atoms with Crippen LogP contribution in [-0.4, -0.2) is 17.5 Å². The average Bonchev–Trinajstić information content (AvgIpc) is 2.58. The molecule has 1 unspecified atom stereocenters. The van der Waals surface area contributed by atoms with Crippen LogP contribution in [0.15, 0.2) is 33.9 Å². The number of dihydropyridines is 1. The van der Waals surface area contributed by atoms with E-state index in [2.05, 4.69) is 42.1 Å². The molecule has 0 amide bonds. The Morgan fingerprint density at radius 3 is 2.77 bits per heavy atom. The van der Waals surface area contributed by atoms with Crippen molar-refractivity contribution in [1.29, 1.82) is 0 Å². The summed E-state index contributed by atoms with van der Waals surface area (Å²) >= 11 is 0. The van der Waals surface area contributed by atoms with Gasteiger partial charge in [0.2, 0.25) is 0 Å². The lowest BCUT2D eigenvalue weighted by Crippen LogP contribution is -2.17. The summed E-state index contributed by atoms with van der Waals surface area (Å²) in [5.41, 5.74) is 3.46. The van der Waals surface area contributed by atoms with Gasteiger partial charge in [-0.25, -0.2) is 0 Å². The van der Waals surface area contributed by atoms with Crippen molar-refractivity contribution in [3.8, 4) is 0 Å². The van der Waals surface area contributed by atoms with Crippen LogP contribution in [0, 0.1) is 0 Å². The molecule has 0 fully saturated rings. The van der Waals surface area contributed by atoms with Crippen molar-refractivity contribution < 1.29 is 0 Å². The minimum atomic E-state index is 0.217. The maximum Gasteiger partial charge on any atom is 0.112 e. The molecule has 0 N–H and O–H groups in total. The summed E-state index contributed by atoms with van der Waals surface area (Å²) in [5, 5.41) is 0. The van der Waals surface area contributed by atoms with Gasteiger partial charge < -0.3 is 0 Å². The van der Waals surface area contributed by atoms with Crippen LogP contribution in [0.3, 0.4) is 0 Å². The van der Waals surface area contributed by atoms with Crippen LogP contribution in [-0.2, 0) is 0 Å². The quantitative estimate of drug-likeness (QED) is 0.614. The Bertz CT molecular complexity index is 330. The lowest BCUT2D eigenvalue weighted by molar-refractivity contribution is 1.04. The van der Waals surface area contributed by atoms with Crippen LogP contribution in [0.1, 0.15) is 26.7 Å². The van der Waals surface area contributed by atoms with E-state index in [1.807, 2.05) is 0 Å². The van der Waals surface area contributed by atoms with Crippen LogP contribution < -0.4 is 0 Å². The molecular weight excluding hydrogens is 160 g/mol. The molecule has 0 spiro atoms. The Hall–Kier alpha value is -1.18. The Balaban J connectivity index is 2.26. The Morgan fingerprint density at radius 2 is 2.08 bits per heavy atom. The van der Waals surface area contributed by atoms with Crippen molar-refractivity contribution in [3.63, 3.8) is 0 Å². The van der Waals surface area contributed by atoms with Crippen molar-refractivity contribution in [3.05, 3.63) is 23.9 Å². The van der Waals surface area contributed by atoms with E-state index < -0.39 is 0 Å². The van der Waals surface area contributed by atoms with Crippen molar-refractivity contribution >= 4 is 11.4 Å². The number of hydrogen-bond acceptors (Lipinski definition) is 2. The van der Waals surface area contributed by atoms with E-state index in [-0.39, 0.29) is 6.04 Å². The summed E-state index contributed by atoms with van der Waals surface area (Å²) in [6, 6.07) is 0.217. The van der Waals surface area contributed by atoms with E-state index in [0.717, 1.165) is 18.6 Å². The van der Waals surface area contributed by atoms with Gasteiger partial charge in [-0.3, -0.25) is 9.98 Å². The number of allylic oxidation sites excluding steroid dienone is 2. The highest BCUT2D eigenvalue weighted by Crippen LogP contribution is 2.20. The average molecular weight is 174 g/mol. The van der Waals surface area contributed by atoms with Crippen LogP contribution in [0.2, 0.25) is 0 Å². The molecule has 0 aromatic heterocycles. The maximum absolute atomic E-state index is 4.58. The highest BCUT2D eigenvalue weighted by molar-refractivity contribution is 6.12. The normalized spacial score (nSPS) is 25.1. The number of rotatable bonds is 2. The molecule has 0 bridgehead atoms. The summed E-state index contributed by atoms with van der Waals surface area (Å²) in [6.45, 7) is 4.26. The largest absolute Gasteiger partial charge is 0.276 e. The Kier molecular flexibility index (Phi) is 2.13. The van der Waals surface area contributed by atoms with E-state index in [9.17, 15) is 0 Å². The molecule has 2 nitrogen and oxygen atoms in total. The Labute approximate surface area is 78.8 Å². The molecule has 2 heteroatoms. The molecule has 1 atom stereocenters. The van der Waals surface area contributed by atoms with Gasteiger partial charge in [0.25, 0.3) is 0 Å². The standard InChI is InChI=1S/C11H14N2/c1-3-8-5-6-10-11(12-8)7-9(4-2)13-10/h5-7,11H,3-4H2,1-2H3. The molecule has 0 saturated carbocycles. The van der Waals surface area contributed by atoms with Gasteiger partial charge in [-0.05, 0) is 31.1 Å². The zero-order chi connectivity index (χ0) is 9.26. The van der Waals surface area contributed by atoms with Crippen LogP contribution in [0.5, 0.6) is 0 Å². The zero-order valence-electron chi connectivity index (χ0n) is 8.12. The third-order valence-corrected chi connectivity index (χ3v) is 2.40. The minimum Gasteiger partial charge on any atom is -0.276 e. The molecule has 0 saturated heterocycles. The van der Waals surface area contributed by atoms with Gasteiger partial charge in [-0.2, -0.15) is 0 Å². The van der Waals surface area contributed by atoms with Gasteiger partial charge in [0.1, 0.15) is 6.04 Å². The fourth-order valence-electron chi connectivity index (χ4n) is 1.59. The highest BCUT2D eigenvalue weighted by Gasteiger charge is 2.20. The van der Waals surface area contributed by atoms with E-state index in [1.54, 1.807) is 0 Å². The van der Waals surface area contributed by atoms with Gasteiger partial charge in [-0.15, -0.1) is 0 Å². The molecular formula is C11H14N2. The second-order valence-electron chi connectivity index (χ2n) is 3.30. The van der Waals surface area contributed by atoms with Gasteiger partial charge in [0, 0.05) is 11.4 Å². The number of hydrogen-bond donors (Lipinski definition) is 0. The third kappa shape index (κ3) is 1.48. The molecule has 0 aromatic rings. The topological polar surface area (TPSA) is 24.7 Å². The number of nitrogens with zero attached hydrogens (tertiary/aromatic N) is 2. The molecule has 2 aliphatic rings. The molecule has 2 heterocycles. The van der Waals surface area contributed by atoms with E-state index in [1.165, 1.54) is 11.4 Å². The van der Waals surface area contributed by atoms with Gasteiger partial charge in [0.05, 0.1) is 5.71 Å². The van der Waals surface area contributed by atoms with Crippen LogP contribution in [0.25, 0.3) is 0 Å². The first-order valence-electron chi connectivity index (χ1n) is 4.87. The van der Waals surface area contributed by atoms with Gasteiger partial charge in [-0.1, -0.05) is 13.8 Å². The van der Waals surface area contributed by atoms with Crippen LogP contribution in [0.4, 0.5) is 0 Å². The molecule has 0 radical (unpaired) electrons.